The molecule has 23 heavy (non-hydrogen) atoms. The van der Waals surface area contributed by atoms with Crippen LogP contribution in [-0.2, 0) is 4.79 Å². The second-order valence-electron chi connectivity index (χ2n) is 4.53. The molecule has 0 aliphatic rings. The van der Waals surface area contributed by atoms with Crippen LogP contribution in [0.4, 0.5) is 10.1 Å². The molecule has 0 aliphatic heterocycles. The van der Waals surface area contributed by atoms with Gasteiger partial charge in [0.05, 0.1) is 21.3 Å². The van der Waals surface area contributed by atoms with Crippen LogP contribution in [0.25, 0.3) is 11.2 Å². The Morgan fingerprint density at radius 1 is 1.35 bits per heavy atom. The molecule has 2 heterocycles. The quantitative estimate of drug-likeness (QED) is 0.677. The summed E-state index contributed by atoms with van der Waals surface area (Å²) in [5, 5.41) is 3.65. The number of anilines is 1. The number of amides is 1. The van der Waals surface area contributed by atoms with E-state index in [1.807, 2.05) is 0 Å². The Morgan fingerprint density at radius 3 is 2.96 bits per heavy atom. The van der Waals surface area contributed by atoms with Crippen molar-refractivity contribution in [2.75, 3.05) is 11.1 Å². The summed E-state index contributed by atoms with van der Waals surface area (Å²) in [4.78, 5) is 23.3. The zero-order valence-corrected chi connectivity index (χ0v) is 13.8. The van der Waals surface area contributed by atoms with Gasteiger partial charge in [0.25, 0.3) is 0 Å². The second-order valence-corrected chi connectivity index (χ2v) is 6.34. The van der Waals surface area contributed by atoms with Crippen LogP contribution in [0.15, 0.2) is 35.6 Å². The molecule has 0 radical (unpaired) electrons. The number of aromatic nitrogens is 3. The Morgan fingerprint density at radius 2 is 2.17 bits per heavy atom. The summed E-state index contributed by atoms with van der Waals surface area (Å²) >= 11 is 12.7. The normalized spacial score (nSPS) is 10.9. The number of nitrogens with zero attached hydrogens (tertiary/aromatic N) is 2. The lowest BCUT2D eigenvalue weighted by Crippen LogP contribution is -2.14. The molecule has 2 aromatic heterocycles. The Kier molecular flexibility index (Phi) is 4.70. The number of thioether (sulfide) groups is 1. The van der Waals surface area contributed by atoms with E-state index in [4.69, 9.17) is 23.2 Å². The molecule has 0 aliphatic carbocycles. The van der Waals surface area contributed by atoms with Gasteiger partial charge in [0.1, 0.15) is 5.82 Å². The molecule has 0 fully saturated rings. The van der Waals surface area contributed by atoms with Crippen LogP contribution in [0.3, 0.4) is 0 Å². The van der Waals surface area contributed by atoms with Crippen molar-refractivity contribution in [3.05, 3.63) is 46.3 Å². The molecule has 3 rings (SSSR count). The van der Waals surface area contributed by atoms with Crippen LogP contribution >= 0.6 is 35.0 Å². The van der Waals surface area contributed by atoms with Gasteiger partial charge in [-0.25, -0.2) is 14.4 Å². The van der Waals surface area contributed by atoms with Crippen LogP contribution in [0.2, 0.25) is 10.0 Å². The maximum Gasteiger partial charge on any atom is 0.234 e. The molecule has 0 atom stereocenters. The molecule has 1 aromatic carbocycles. The fraction of sp³-hybridized carbons (Fsp3) is 0.0714. The van der Waals surface area contributed by atoms with Crippen molar-refractivity contribution in [2.45, 2.75) is 5.16 Å². The molecule has 9 heteroatoms. The largest absolute Gasteiger partial charge is 0.331 e. The number of rotatable bonds is 4. The van der Waals surface area contributed by atoms with Crippen molar-refractivity contribution in [3.8, 4) is 0 Å². The number of carbonyl (C=O) groups excluding carboxylic acids is 1. The first-order chi connectivity index (χ1) is 11.0. The van der Waals surface area contributed by atoms with Crippen molar-refractivity contribution >= 4 is 57.7 Å². The molecule has 118 valence electrons. The molecule has 1 amide bonds. The van der Waals surface area contributed by atoms with E-state index in [0.29, 0.717) is 27.0 Å². The molecule has 2 N–H and O–H groups in total. The van der Waals surface area contributed by atoms with Crippen LogP contribution in [0, 0.1) is 5.82 Å². The zero-order valence-electron chi connectivity index (χ0n) is 11.4. The van der Waals surface area contributed by atoms with E-state index in [9.17, 15) is 9.18 Å². The number of imidazole rings is 1. The summed E-state index contributed by atoms with van der Waals surface area (Å²) in [6, 6.07) is 5.70. The third-order valence-corrected chi connectivity index (χ3v) is 4.20. The van der Waals surface area contributed by atoms with Crippen LogP contribution in [-0.4, -0.2) is 26.6 Å². The summed E-state index contributed by atoms with van der Waals surface area (Å²) in [5.74, 6) is -0.667. The lowest BCUT2D eigenvalue weighted by Gasteiger charge is -2.05. The summed E-state index contributed by atoms with van der Waals surface area (Å²) in [7, 11) is 0. The van der Waals surface area contributed by atoms with Crippen molar-refractivity contribution in [2.24, 2.45) is 0 Å². The van der Waals surface area contributed by atoms with Gasteiger partial charge >= 0.3 is 0 Å². The van der Waals surface area contributed by atoms with Gasteiger partial charge in [-0.2, -0.15) is 0 Å². The van der Waals surface area contributed by atoms with Gasteiger partial charge in [-0.05, 0) is 24.3 Å². The summed E-state index contributed by atoms with van der Waals surface area (Å²) < 4.78 is 13.1. The average molecular weight is 371 g/mol. The number of H-pyrrole nitrogens is 1. The lowest BCUT2D eigenvalue weighted by atomic mass is 10.3. The molecule has 0 unspecified atom stereocenters. The predicted molar refractivity (Wildman–Crippen MR) is 89.7 cm³/mol. The van der Waals surface area contributed by atoms with E-state index in [1.165, 1.54) is 36.2 Å². The van der Waals surface area contributed by atoms with E-state index >= 15 is 0 Å². The smallest absolute Gasteiger partial charge is 0.234 e. The number of carbonyl (C=O) groups is 1. The number of fused-ring (bicyclic) bond motifs is 1. The van der Waals surface area contributed by atoms with Gasteiger partial charge in [-0.15, -0.1) is 0 Å². The minimum Gasteiger partial charge on any atom is -0.331 e. The summed E-state index contributed by atoms with van der Waals surface area (Å²) in [5.41, 5.74) is 1.66. The van der Waals surface area contributed by atoms with Gasteiger partial charge in [-0.1, -0.05) is 35.0 Å². The number of halogens is 3. The minimum atomic E-state index is -0.535. The molecular weight excluding hydrogens is 362 g/mol. The van der Waals surface area contributed by atoms with E-state index in [0.717, 1.165) is 0 Å². The van der Waals surface area contributed by atoms with Crippen LogP contribution in [0.5, 0.6) is 0 Å². The molecule has 0 spiro atoms. The Labute approximate surface area is 144 Å². The van der Waals surface area contributed by atoms with Gasteiger partial charge < -0.3 is 10.3 Å². The molecule has 0 saturated heterocycles. The van der Waals surface area contributed by atoms with E-state index in [2.05, 4.69) is 20.3 Å². The highest BCUT2D eigenvalue weighted by molar-refractivity contribution is 7.99. The third kappa shape index (κ3) is 3.93. The molecule has 5 nitrogen and oxygen atoms in total. The highest BCUT2D eigenvalue weighted by atomic mass is 35.5. The topological polar surface area (TPSA) is 70.7 Å². The monoisotopic (exact) mass is 370 g/mol. The SMILES string of the molecule is O=C(CSc1nc2ncc(Cl)cc2[nH]1)Nc1ccc(F)c(Cl)c1. The Balaban J connectivity index is 1.62. The first-order valence-electron chi connectivity index (χ1n) is 6.40. The van der Waals surface area contributed by atoms with Gasteiger partial charge in [-0.3, -0.25) is 4.79 Å². The lowest BCUT2D eigenvalue weighted by molar-refractivity contribution is -0.113. The van der Waals surface area contributed by atoms with Gasteiger partial charge in [0.15, 0.2) is 10.8 Å². The van der Waals surface area contributed by atoms with Crippen molar-refractivity contribution in [3.63, 3.8) is 0 Å². The number of hydrogen-bond donors (Lipinski definition) is 2. The molecule has 3 aromatic rings. The highest BCUT2D eigenvalue weighted by Gasteiger charge is 2.09. The average Bonchev–Trinajstić information content (AvgIpc) is 2.91. The van der Waals surface area contributed by atoms with Crippen molar-refractivity contribution < 1.29 is 9.18 Å². The van der Waals surface area contributed by atoms with Crippen LogP contribution in [0.1, 0.15) is 0 Å². The maximum absolute atomic E-state index is 13.1. The summed E-state index contributed by atoms with van der Waals surface area (Å²) in [6.07, 6.45) is 1.50. The highest BCUT2D eigenvalue weighted by Crippen LogP contribution is 2.22. The zero-order chi connectivity index (χ0) is 16.4. The summed E-state index contributed by atoms with van der Waals surface area (Å²) in [6.45, 7) is 0. The molecular formula is C14H9Cl2FN4OS. The first-order valence-corrected chi connectivity index (χ1v) is 8.14. The Bertz CT molecular complexity index is 886. The first kappa shape index (κ1) is 16.0. The molecule has 0 bridgehead atoms. The second kappa shape index (κ2) is 6.74. The predicted octanol–water partition coefficient (Wildman–Crippen LogP) is 4.13. The number of nitrogens with one attached hydrogen (secondary N) is 2. The minimum absolute atomic E-state index is 0.0457. The van der Waals surface area contributed by atoms with E-state index < -0.39 is 5.82 Å². The van der Waals surface area contributed by atoms with Gasteiger partial charge in [0.2, 0.25) is 5.91 Å². The Hall–Kier alpha value is -1.83. The van der Waals surface area contributed by atoms with Gasteiger partial charge in [0, 0.05) is 11.9 Å². The number of pyridine rings is 1. The fourth-order valence-electron chi connectivity index (χ4n) is 1.83. The number of hydrogen-bond acceptors (Lipinski definition) is 4. The standard InChI is InChI=1S/C14H9Cl2FN4OS/c15-7-3-11-13(18-5-7)21-14(20-11)23-6-12(22)19-8-1-2-10(17)9(16)4-8/h1-5H,6H2,(H,19,22)(H,18,20,21). The third-order valence-electron chi connectivity index (χ3n) is 2.83. The number of benzene rings is 1. The van der Waals surface area contributed by atoms with E-state index in [-0.39, 0.29) is 16.7 Å². The number of aromatic amines is 1. The molecule has 0 saturated carbocycles. The fourth-order valence-corrected chi connectivity index (χ4v) is 2.84. The maximum atomic E-state index is 13.1. The van der Waals surface area contributed by atoms with Crippen molar-refractivity contribution in [1.82, 2.24) is 15.0 Å². The van der Waals surface area contributed by atoms with Crippen LogP contribution < -0.4 is 5.32 Å². The van der Waals surface area contributed by atoms with Crippen molar-refractivity contribution in [1.29, 1.82) is 0 Å². The van der Waals surface area contributed by atoms with E-state index in [1.54, 1.807) is 6.07 Å².